The predicted octanol–water partition coefficient (Wildman–Crippen LogP) is 1.67. The summed E-state index contributed by atoms with van der Waals surface area (Å²) in [6, 6.07) is 5.95. The van der Waals surface area contributed by atoms with E-state index in [2.05, 4.69) is 21.5 Å². The van der Waals surface area contributed by atoms with Crippen LogP contribution >= 0.6 is 0 Å². The van der Waals surface area contributed by atoms with Crippen molar-refractivity contribution < 1.29 is 14.1 Å². The van der Waals surface area contributed by atoms with E-state index in [1.54, 1.807) is 4.90 Å². The van der Waals surface area contributed by atoms with Gasteiger partial charge in [0.1, 0.15) is 0 Å². The molecule has 3 heterocycles. The number of amides is 2. The van der Waals surface area contributed by atoms with E-state index in [1.807, 2.05) is 12.1 Å². The number of carbonyl (C=O) groups excluding carboxylic acids is 2. The molecule has 2 aliphatic rings. The number of benzene rings is 1. The molecule has 2 amide bonds. The molecular formula is C17H18N4O3. The normalized spacial score (nSPS) is 17.1. The van der Waals surface area contributed by atoms with Gasteiger partial charge in [0.05, 0.1) is 13.0 Å². The van der Waals surface area contributed by atoms with Gasteiger partial charge in [0, 0.05) is 25.1 Å². The summed E-state index contributed by atoms with van der Waals surface area (Å²) < 4.78 is 5.31. The van der Waals surface area contributed by atoms with Crippen LogP contribution in [0.2, 0.25) is 0 Å². The van der Waals surface area contributed by atoms with E-state index in [9.17, 15) is 9.59 Å². The summed E-state index contributed by atoms with van der Waals surface area (Å²) in [5.41, 5.74) is 3.08. The molecule has 2 aromatic rings. The average Bonchev–Trinajstić information content (AvgIpc) is 3.17. The summed E-state index contributed by atoms with van der Waals surface area (Å²) in [7, 11) is 0. The van der Waals surface area contributed by atoms with Crippen molar-refractivity contribution in [2.75, 3.05) is 11.9 Å². The van der Waals surface area contributed by atoms with Gasteiger partial charge < -0.3 is 14.7 Å². The number of likely N-dealkylation sites (tertiary alicyclic amines) is 1. The molecule has 0 aliphatic carbocycles. The summed E-state index contributed by atoms with van der Waals surface area (Å²) >= 11 is 0. The SMILES string of the molecule is O=C1CCc2cc(Cc3nc(CN4CCCC4=O)no3)ccc2N1. The highest BCUT2D eigenvalue weighted by molar-refractivity contribution is 5.93. The maximum atomic E-state index is 11.6. The number of anilines is 1. The highest BCUT2D eigenvalue weighted by Gasteiger charge is 2.22. The lowest BCUT2D eigenvalue weighted by Crippen LogP contribution is -2.24. The molecule has 0 radical (unpaired) electrons. The molecule has 1 aromatic heterocycles. The van der Waals surface area contributed by atoms with E-state index < -0.39 is 0 Å². The fraction of sp³-hybridized carbons (Fsp3) is 0.412. The number of aryl methyl sites for hydroxylation is 1. The van der Waals surface area contributed by atoms with Gasteiger partial charge in [-0.1, -0.05) is 17.3 Å². The quantitative estimate of drug-likeness (QED) is 0.923. The minimum atomic E-state index is 0.0632. The summed E-state index contributed by atoms with van der Waals surface area (Å²) in [5, 5.41) is 6.84. The van der Waals surface area contributed by atoms with Gasteiger partial charge in [0.15, 0.2) is 5.82 Å². The van der Waals surface area contributed by atoms with Crippen LogP contribution in [0.4, 0.5) is 5.69 Å². The molecule has 0 saturated carbocycles. The van der Waals surface area contributed by atoms with Crippen LogP contribution in [0.1, 0.15) is 42.1 Å². The number of aromatic nitrogens is 2. The summed E-state index contributed by atoms with van der Waals surface area (Å²) in [5.74, 6) is 1.30. The third kappa shape index (κ3) is 3.02. The molecule has 1 N–H and O–H groups in total. The average molecular weight is 326 g/mol. The molecular weight excluding hydrogens is 308 g/mol. The molecule has 24 heavy (non-hydrogen) atoms. The maximum Gasteiger partial charge on any atom is 0.231 e. The van der Waals surface area contributed by atoms with Crippen molar-refractivity contribution in [2.24, 2.45) is 0 Å². The highest BCUT2D eigenvalue weighted by Crippen LogP contribution is 2.24. The molecule has 1 fully saturated rings. The molecule has 0 unspecified atom stereocenters. The molecule has 4 rings (SSSR count). The zero-order valence-corrected chi connectivity index (χ0v) is 13.2. The molecule has 0 spiro atoms. The largest absolute Gasteiger partial charge is 0.339 e. The van der Waals surface area contributed by atoms with Crippen LogP contribution in [0.3, 0.4) is 0 Å². The Hall–Kier alpha value is -2.70. The molecule has 124 valence electrons. The number of hydrogen-bond donors (Lipinski definition) is 1. The lowest BCUT2D eigenvalue weighted by molar-refractivity contribution is -0.128. The number of nitrogens with zero attached hydrogens (tertiary/aromatic N) is 3. The molecule has 1 saturated heterocycles. The Morgan fingerprint density at radius 1 is 1.21 bits per heavy atom. The van der Waals surface area contributed by atoms with Crippen molar-refractivity contribution in [3.8, 4) is 0 Å². The molecule has 7 nitrogen and oxygen atoms in total. The number of hydrogen-bond acceptors (Lipinski definition) is 5. The first kappa shape index (κ1) is 14.9. The van der Waals surface area contributed by atoms with E-state index in [4.69, 9.17) is 4.52 Å². The fourth-order valence-corrected chi connectivity index (χ4v) is 3.19. The van der Waals surface area contributed by atoms with Crippen LogP contribution in [-0.4, -0.2) is 33.4 Å². The van der Waals surface area contributed by atoms with E-state index >= 15 is 0 Å². The van der Waals surface area contributed by atoms with Gasteiger partial charge in [-0.3, -0.25) is 9.59 Å². The van der Waals surface area contributed by atoms with Gasteiger partial charge >= 0.3 is 0 Å². The van der Waals surface area contributed by atoms with Crippen molar-refractivity contribution in [3.63, 3.8) is 0 Å². The molecule has 0 bridgehead atoms. The minimum Gasteiger partial charge on any atom is -0.339 e. The Balaban J connectivity index is 1.44. The zero-order chi connectivity index (χ0) is 16.5. The summed E-state index contributed by atoms with van der Waals surface area (Å²) in [4.78, 5) is 29.2. The summed E-state index contributed by atoms with van der Waals surface area (Å²) in [6.07, 6.45) is 3.32. The van der Waals surface area contributed by atoms with Gasteiger partial charge in [-0.2, -0.15) is 4.98 Å². The predicted molar refractivity (Wildman–Crippen MR) is 85.1 cm³/mol. The van der Waals surface area contributed by atoms with Crippen LogP contribution in [-0.2, 0) is 29.0 Å². The van der Waals surface area contributed by atoms with Crippen LogP contribution in [0.25, 0.3) is 0 Å². The maximum absolute atomic E-state index is 11.6. The number of carbonyl (C=O) groups is 2. The van der Waals surface area contributed by atoms with Crippen LogP contribution < -0.4 is 5.32 Å². The fourth-order valence-electron chi connectivity index (χ4n) is 3.19. The Bertz CT molecular complexity index is 799. The van der Waals surface area contributed by atoms with Crippen LogP contribution in [0.15, 0.2) is 22.7 Å². The number of nitrogens with one attached hydrogen (secondary N) is 1. The summed E-state index contributed by atoms with van der Waals surface area (Å²) in [6.45, 7) is 1.18. The Labute approximate surface area is 139 Å². The first-order valence-corrected chi connectivity index (χ1v) is 8.18. The number of fused-ring (bicyclic) bond motifs is 1. The van der Waals surface area contributed by atoms with Crippen molar-refractivity contribution in [3.05, 3.63) is 41.0 Å². The zero-order valence-electron chi connectivity index (χ0n) is 13.2. The first-order valence-electron chi connectivity index (χ1n) is 8.18. The van der Waals surface area contributed by atoms with Gasteiger partial charge in [0.2, 0.25) is 17.7 Å². The first-order chi connectivity index (χ1) is 11.7. The van der Waals surface area contributed by atoms with Gasteiger partial charge in [-0.25, -0.2) is 0 Å². The molecule has 1 aromatic carbocycles. The van der Waals surface area contributed by atoms with Gasteiger partial charge in [-0.15, -0.1) is 0 Å². The Morgan fingerprint density at radius 2 is 2.12 bits per heavy atom. The smallest absolute Gasteiger partial charge is 0.231 e. The monoisotopic (exact) mass is 326 g/mol. The van der Waals surface area contributed by atoms with E-state index in [-0.39, 0.29) is 11.8 Å². The molecule has 2 aliphatic heterocycles. The van der Waals surface area contributed by atoms with Crippen molar-refractivity contribution in [2.45, 2.75) is 38.6 Å². The van der Waals surface area contributed by atoms with Crippen LogP contribution in [0.5, 0.6) is 0 Å². The molecule has 0 atom stereocenters. The van der Waals surface area contributed by atoms with Crippen molar-refractivity contribution >= 4 is 17.5 Å². The Kier molecular flexibility index (Phi) is 3.76. The van der Waals surface area contributed by atoms with Crippen molar-refractivity contribution in [1.82, 2.24) is 15.0 Å². The van der Waals surface area contributed by atoms with Crippen molar-refractivity contribution in [1.29, 1.82) is 0 Å². The van der Waals surface area contributed by atoms with Crippen LogP contribution in [0, 0.1) is 0 Å². The second-order valence-electron chi connectivity index (χ2n) is 6.24. The van der Waals surface area contributed by atoms with E-state index in [1.165, 1.54) is 0 Å². The highest BCUT2D eigenvalue weighted by atomic mass is 16.5. The number of rotatable bonds is 4. The van der Waals surface area contributed by atoms with Gasteiger partial charge in [0.25, 0.3) is 0 Å². The van der Waals surface area contributed by atoms with E-state index in [0.717, 1.165) is 36.2 Å². The minimum absolute atomic E-state index is 0.0632. The molecule has 7 heteroatoms. The second-order valence-corrected chi connectivity index (χ2v) is 6.24. The third-order valence-electron chi connectivity index (χ3n) is 4.43. The topological polar surface area (TPSA) is 88.3 Å². The lowest BCUT2D eigenvalue weighted by atomic mass is 9.99. The lowest BCUT2D eigenvalue weighted by Gasteiger charge is -2.17. The Morgan fingerprint density at radius 3 is 2.96 bits per heavy atom. The third-order valence-corrected chi connectivity index (χ3v) is 4.43. The van der Waals surface area contributed by atoms with E-state index in [0.29, 0.717) is 37.5 Å². The van der Waals surface area contributed by atoms with Gasteiger partial charge in [-0.05, 0) is 30.0 Å². The standard InChI is InChI=1S/C17H18N4O3/c22-15-6-4-12-8-11(3-5-13(12)18-15)9-16-19-14(20-24-16)10-21-7-1-2-17(21)23/h3,5,8H,1-2,4,6-7,9-10H2,(H,18,22). The second kappa shape index (κ2) is 6.07.